The molecule has 4 nitrogen and oxygen atoms in total. The van der Waals surface area contributed by atoms with Crippen molar-refractivity contribution < 1.29 is 12.7 Å². The van der Waals surface area contributed by atoms with Crippen LogP contribution >= 0.6 is 0 Å². The zero-order valence-electron chi connectivity index (χ0n) is 4.79. The molecule has 0 heterocycles. The molecule has 5 heteroatoms. The Balaban J connectivity index is 3.42. The van der Waals surface area contributed by atoms with Crippen molar-refractivity contribution in [2.45, 2.75) is 6.92 Å². The lowest BCUT2D eigenvalue weighted by atomic mass is 10.8. The second-order valence-corrected chi connectivity index (χ2v) is 2.78. The predicted molar refractivity (Wildman–Crippen MR) is 28.6 cm³/mol. The minimum absolute atomic E-state index is 0.354. The third-order valence-electron chi connectivity index (χ3n) is 0.317. The molecule has 0 aromatic rings. The Bertz CT molecular complexity index is 139. The average Bonchev–Trinajstić information content (AvgIpc) is 1.59. The summed E-state index contributed by atoms with van der Waals surface area (Å²) in [5.74, 6) is 0. The minimum atomic E-state index is -3.35. The van der Waals surface area contributed by atoms with Crippen LogP contribution in [0.1, 0.15) is 6.92 Å². The third-order valence-corrected chi connectivity index (χ3v) is 0.693. The highest BCUT2D eigenvalue weighted by atomic mass is 32.2. The van der Waals surface area contributed by atoms with Gasteiger partial charge in [0.05, 0.1) is 6.26 Å². The Morgan fingerprint density at radius 2 is 2.12 bits per heavy atom. The van der Waals surface area contributed by atoms with E-state index in [0.717, 1.165) is 6.26 Å². The van der Waals surface area contributed by atoms with E-state index in [4.69, 9.17) is 0 Å². The molecule has 0 amide bonds. The van der Waals surface area contributed by atoms with Crippen molar-refractivity contribution in [1.29, 1.82) is 0 Å². The van der Waals surface area contributed by atoms with Gasteiger partial charge < -0.3 is 0 Å². The Morgan fingerprint density at radius 1 is 1.62 bits per heavy atom. The molecule has 0 unspecified atom stereocenters. The number of rotatable bonds is 3. The first kappa shape index (κ1) is 7.87. The fourth-order valence-corrected chi connectivity index (χ4v) is 0.445. The first-order valence-electron chi connectivity index (χ1n) is 2.11. The molecule has 0 bridgehead atoms. The summed E-state index contributed by atoms with van der Waals surface area (Å²) in [6.45, 7) is 2.04. The number of hydrogen-bond donors (Lipinski definition) is 0. The van der Waals surface area contributed by atoms with Gasteiger partial charge in [0.2, 0.25) is 0 Å². The van der Waals surface area contributed by atoms with E-state index in [1.807, 2.05) is 0 Å². The van der Waals surface area contributed by atoms with Gasteiger partial charge in [0.25, 0.3) is 10.1 Å². The van der Waals surface area contributed by atoms with Gasteiger partial charge in [-0.15, -0.1) is 0 Å². The highest BCUT2D eigenvalue weighted by molar-refractivity contribution is 7.85. The summed E-state index contributed by atoms with van der Waals surface area (Å²) in [4.78, 5) is 0. The maximum absolute atomic E-state index is 10.1. The van der Waals surface area contributed by atoms with Crippen LogP contribution in [0.2, 0.25) is 0 Å². The molecule has 0 atom stereocenters. The molecule has 0 saturated heterocycles. The fraction of sp³-hybridized carbons (Fsp3) is 1.00. The Labute approximate surface area is 48.9 Å². The van der Waals surface area contributed by atoms with Gasteiger partial charge in [0.15, 0.2) is 0 Å². The van der Waals surface area contributed by atoms with Crippen molar-refractivity contribution in [3.8, 4) is 0 Å². The van der Waals surface area contributed by atoms with Crippen LogP contribution < -0.4 is 5.48 Å². The van der Waals surface area contributed by atoms with Crippen LogP contribution in [0.3, 0.4) is 0 Å². The fourth-order valence-electron chi connectivity index (χ4n) is 0.148. The molecule has 0 saturated carbocycles. The van der Waals surface area contributed by atoms with E-state index in [9.17, 15) is 8.42 Å². The molecule has 8 heavy (non-hydrogen) atoms. The van der Waals surface area contributed by atoms with Gasteiger partial charge in [-0.05, 0) is 6.92 Å². The summed E-state index contributed by atoms with van der Waals surface area (Å²) in [7, 11) is -3.35. The second-order valence-electron chi connectivity index (χ2n) is 1.22. The smallest absolute Gasteiger partial charge is 0.198 e. The molecule has 49 valence electrons. The summed E-state index contributed by atoms with van der Waals surface area (Å²) in [6, 6.07) is 0. The van der Waals surface area contributed by atoms with E-state index in [-0.39, 0.29) is 0 Å². The van der Waals surface area contributed by atoms with E-state index in [1.54, 1.807) is 6.92 Å². The van der Waals surface area contributed by atoms with Crippen molar-refractivity contribution in [2.24, 2.45) is 0 Å². The molecule has 0 aromatic heterocycles. The van der Waals surface area contributed by atoms with Gasteiger partial charge in [0, 0.05) is 6.54 Å². The average molecular weight is 138 g/mol. The number of hydrogen-bond acceptors (Lipinski definition) is 3. The molecule has 0 spiro atoms. The minimum Gasteiger partial charge on any atom is -0.198 e. The van der Waals surface area contributed by atoms with Crippen LogP contribution in [-0.4, -0.2) is 21.2 Å². The van der Waals surface area contributed by atoms with Gasteiger partial charge in [-0.1, -0.05) is 5.48 Å². The molecule has 0 rings (SSSR count). The first-order chi connectivity index (χ1) is 3.56. The number of hydroxylamine groups is 1. The van der Waals surface area contributed by atoms with Crippen LogP contribution in [-0.2, 0) is 14.4 Å². The van der Waals surface area contributed by atoms with Crippen LogP contribution in [0, 0.1) is 0 Å². The topological polar surface area (TPSA) is 57.5 Å². The monoisotopic (exact) mass is 138 g/mol. The van der Waals surface area contributed by atoms with E-state index in [1.165, 1.54) is 0 Å². The van der Waals surface area contributed by atoms with Gasteiger partial charge in [0.1, 0.15) is 0 Å². The zero-order chi connectivity index (χ0) is 6.62. The van der Waals surface area contributed by atoms with Crippen molar-refractivity contribution in [2.75, 3.05) is 12.8 Å². The summed E-state index contributed by atoms with van der Waals surface area (Å²) < 4.78 is 24.1. The summed E-state index contributed by atoms with van der Waals surface area (Å²) >= 11 is 0. The van der Waals surface area contributed by atoms with Crippen molar-refractivity contribution >= 4 is 10.1 Å². The second kappa shape index (κ2) is 3.01. The van der Waals surface area contributed by atoms with Crippen molar-refractivity contribution in [3.05, 3.63) is 0 Å². The normalized spacial score (nSPS) is 11.8. The standard InChI is InChI=1S/C3H8NO3S/c1-3-4-7-8(2,5)6/h3H2,1-2H3. The van der Waals surface area contributed by atoms with Crippen LogP contribution in [0.5, 0.6) is 0 Å². The molecule has 0 aliphatic heterocycles. The summed E-state index contributed by atoms with van der Waals surface area (Å²) in [6.07, 6.45) is 0.951. The summed E-state index contributed by atoms with van der Waals surface area (Å²) in [5, 5.41) is 0. The highest BCUT2D eigenvalue weighted by Crippen LogP contribution is 1.80. The number of nitrogens with zero attached hydrogens (tertiary/aromatic N) is 1. The Morgan fingerprint density at radius 3 is 2.25 bits per heavy atom. The van der Waals surface area contributed by atoms with Crippen molar-refractivity contribution in [3.63, 3.8) is 0 Å². The third kappa shape index (κ3) is 5.87. The lowest BCUT2D eigenvalue weighted by Gasteiger charge is -1.92. The van der Waals surface area contributed by atoms with E-state index in [2.05, 4.69) is 9.76 Å². The van der Waals surface area contributed by atoms with Crippen molar-refractivity contribution in [1.82, 2.24) is 5.48 Å². The SMILES string of the molecule is CC[N]OS(C)(=O)=O. The van der Waals surface area contributed by atoms with Crippen LogP contribution in [0.4, 0.5) is 0 Å². The highest BCUT2D eigenvalue weighted by Gasteiger charge is 1.98. The van der Waals surface area contributed by atoms with E-state index < -0.39 is 10.1 Å². The molecule has 0 aliphatic carbocycles. The van der Waals surface area contributed by atoms with E-state index >= 15 is 0 Å². The molecule has 1 radical (unpaired) electrons. The first-order valence-corrected chi connectivity index (χ1v) is 3.93. The van der Waals surface area contributed by atoms with Gasteiger partial charge in [-0.3, -0.25) is 0 Å². The Hall–Kier alpha value is -0.130. The van der Waals surface area contributed by atoms with Crippen LogP contribution in [0.15, 0.2) is 0 Å². The Kier molecular flexibility index (Phi) is 2.96. The molecular weight excluding hydrogens is 130 g/mol. The zero-order valence-corrected chi connectivity index (χ0v) is 5.60. The lowest BCUT2D eigenvalue weighted by Crippen LogP contribution is -2.11. The molecule has 0 N–H and O–H groups in total. The predicted octanol–water partition coefficient (Wildman–Crippen LogP) is -0.498. The van der Waals surface area contributed by atoms with Gasteiger partial charge in [-0.25, -0.2) is 0 Å². The van der Waals surface area contributed by atoms with Gasteiger partial charge in [-0.2, -0.15) is 12.7 Å². The quantitative estimate of drug-likeness (QED) is 0.494. The van der Waals surface area contributed by atoms with Gasteiger partial charge >= 0.3 is 0 Å². The maximum Gasteiger partial charge on any atom is 0.281 e. The molecule has 0 fully saturated rings. The molecular formula is C3H8NO3S. The summed E-state index contributed by atoms with van der Waals surface area (Å²) in [5.41, 5.74) is 3.16. The van der Waals surface area contributed by atoms with Crippen LogP contribution in [0.25, 0.3) is 0 Å². The largest absolute Gasteiger partial charge is 0.281 e. The van der Waals surface area contributed by atoms with E-state index in [0.29, 0.717) is 6.54 Å². The lowest BCUT2D eigenvalue weighted by molar-refractivity contribution is 0.202. The molecule has 0 aromatic carbocycles. The molecule has 0 aliphatic rings. The maximum atomic E-state index is 10.1.